The average Bonchev–Trinajstić information content (AvgIpc) is 3.43. The maximum atomic E-state index is 14.5. The molecule has 6 rings (SSSR count). The van der Waals surface area contributed by atoms with Crippen LogP contribution in [0, 0.1) is 11.7 Å². The molecule has 7 heteroatoms. The van der Waals surface area contributed by atoms with E-state index in [2.05, 4.69) is 27.5 Å². The molecule has 2 fully saturated rings. The molecule has 4 aromatic rings. The second-order valence-electron chi connectivity index (χ2n) is 11.3. The fourth-order valence-electron chi connectivity index (χ4n) is 6.27. The molecule has 0 saturated carbocycles. The molecule has 3 heterocycles. The first kappa shape index (κ1) is 25.6. The van der Waals surface area contributed by atoms with Gasteiger partial charge in [-0.15, -0.1) is 0 Å². The fourth-order valence-corrected chi connectivity index (χ4v) is 6.27. The van der Waals surface area contributed by atoms with Crippen LogP contribution in [-0.4, -0.2) is 46.2 Å². The van der Waals surface area contributed by atoms with Crippen LogP contribution in [0.4, 0.5) is 4.39 Å². The van der Waals surface area contributed by atoms with E-state index < -0.39 is 6.04 Å². The fraction of sp³-hybridized carbons (Fsp3) is 0.375. The summed E-state index contributed by atoms with van der Waals surface area (Å²) in [6.45, 7) is 3.94. The lowest BCUT2D eigenvalue weighted by atomic mass is 9.95. The second-order valence-corrected chi connectivity index (χ2v) is 11.3. The van der Waals surface area contributed by atoms with Crippen LogP contribution in [0.15, 0.2) is 66.7 Å². The molecule has 6 nitrogen and oxygen atoms in total. The third-order valence-electron chi connectivity index (χ3n) is 8.50. The summed E-state index contributed by atoms with van der Waals surface area (Å²) >= 11 is 0. The van der Waals surface area contributed by atoms with Gasteiger partial charge in [-0.05, 0) is 87.2 Å². The van der Waals surface area contributed by atoms with Crippen LogP contribution in [0.5, 0.6) is 5.75 Å². The third kappa shape index (κ3) is 5.03. The third-order valence-corrected chi connectivity index (χ3v) is 8.50. The van der Waals surface area contributed by atoms with E-state index in [4.69, 9.17) is 4.74 Å². The Bertz CT molecular complexity index is 1470. The number of piperidine rings is 1. The lowest BCUT2D eigenvalue weighted by molar-refractivity contribution is 0.0662. The number of H-pyrrole nitrogens is 1. The van der Waals surface area contributed by atoms with E-state index in [9.17, 15) is 9.18 Å². The smallest absolute Gasteiger partial charge is 0.251 e. The highest BCUT2D eigenvalue weighted by atomic mass is 19.1. The molecule has 202 valence electrons. The Morgan fingerprint density at radius 1 is 1.05 bits per heavy atom. The summed E-state index contributed by atoms with van der Waals surface area (Å²) < 4.78 is 20.9. The van der Waals surface area contributed by atoms with Crippen LogP contribution < -0.4 is 10.1 Å². The van der Waals surface area contributed by atoms with Crippen molar-refractivity contribution < 1.29 is 13.9 Å². The Morgan fingerprint density at radius 2 is 1.77 bits per heavy atom. The molecular formula is C32H35FN4O2. The van der Waals surface area contributed by atoms with Crippen molar-refractivity contribution in [2.75, 3.05) is 7.05 Å². The minimum atomic E-state index is -0.439. The number of benzene rings is 3. The predicted octanol–water partition coefficient (Wildman–Crippen LogP) is 6.50. The highest BCUT2D eigenvalue weighted by molar-refractivity contribution is 6.01. The summed E-state index contributed by atoms with van der Waals surface area (Å²) in [5, 5.41) is 11.5. The van der Waals surface area contributed by atoms with Gasteiger partial charge in [0.25, 0.3) is 5.91 Å². The second kappa shape index (κ2) is 10.5. The first-order valence-corrected chi connectivity index (χ1v) is 13.9. The van der Waals surface area contributed by atoms with Crippen molar-refractivity contribution >= 4 is 16.8 Å². The molecule has 0 aliphatic carbocycles. The number of hydrogen-bond acceptors (Lipinski definition) is 4. The average molecular weight is 527 g/mol. The van der Waals surface area contributed by atoms with Gasteiger partial charge in [-0.2, -0.15) is 5.10 Å². The highest BCUT2D eigenvalue weighted by Crippen LogP contribution is 2.36. The molecule has 2 aliphatic heterocycles. The molecule has 2 aliphatic rings. The predicted molar refractivity (Wildman–Crippen MR) is 151 cm³/mol. The molecule has 39 heavy (non-hydrogen) atoms. The lowest BCUT2D eigenvalue weighted by Crippen LogP contribution is -2.43. The monoisotopic (exact) mass is 526 g/mol. The Balaban J connectivity index is 1.20. The Hall–Kier alpha value is -3.71. The van der Waals surface area contributed by atoms with E-state index >= 15 is 0 Å². The van der Waals surface area contributed by atoms with Crippen molar-refractivity contribution in [1.29, 1.82) is 0 Å². The van der Waals surface area contributed by atoms with Crippen molar-refractivity contribution in [3.05, 3.63) is 83.7 Å². The van der Waals surface area contributed by atoms with E-state index in [1.54, 1.807) is 24.3 Å². The standard InChI is InChI=1S/C32H35FN4O2/c1-19(2)30(26-6-4-5-7-28(26)33)34-32(38)21-10-15-29-27(16-21)31(36-35-29)20-8-13-24(14-9-20)39-25-17-22-11-12-23(18-25)37(22)3/h4-10,13-16,19,22-23,25,30H,11-12,17-18H2,1-3H3,(H,34,38)(H,35,36)/t22-,23+,25-,30?. The first-order chi connectivity index (χ1) is 18.9. The maximum Gasteiger partial charge on any atom is 0.251 e. The van der Waals surface area contributed by atoms with Gasteiger partial charge in [0.05, 0.1) is 17.3 Å². The van der Waals surface area contributed by atoms with Gasteiger partial charge in [0.15, 0.2) is 0 Å². The van der Waals surface area contributed by atoms with Gasteiger partial charge in [0.2, 0.25) is 0 Å². The van der Waals surface area contributed by atoms with Crippen LogP contribution in [0.3, 0.4) is 0 Å². The zero-order chi connectivity index (χ0) is 27.1. The van der Waals surface area contributed by atoms with Gasteiger partial charge in [-0.3, -0.25) is 9.89 Å². The maximum absolute atomic E-state index is 14.5. The van der Waals surface area contributed by atoms with Crippen molar-refractivity contribution in [2.45, 2.75) is 63.8 Å². The number of halogens is 1. The molecule has 1 amide bonds. The topological polar surface area (TPSA) is 70.2 Å². The number of nitrogens with zero attached hydrogens (tertiary/aromatic N) is 2. The summed E-state index contributed by atoms with van der Waals surface area (Å²) in [5.74, 6) is 0.325. The van der Waals surface area contributed by atoms with Gasteiger partial charge in [0, 0.05) is 34.2 Å². The number of amides is 1. The minimum Gasteiger partial charge on any atom is -0.490 e. The number of carbonyl (C=O) groups excluding carboxylic acids is 1. The number of hydrogen-bond donors (Lipinski definition) is 2. The van der Waals surface area contributed by atoms with Gasteiger partial charge in [0.1, 0.15) is 17.7 Å². The van der Waals surface area contributed by atoms with Crippen LogP contribution in [-0.2, 0) is 0 Å². The first-order valence-electron chi connectivity index (χ1n) is 13.9. The molecule has 0 spiro atoms. The highest BCUT2D eigenvalue weighted by Gasteiger charge is 2.39. The molecule has 2 N–H and O–H groups in total. The summed E-state index contributed by atoms with van der Waals surface area (Å²) in [5.41, 5.74) is 3.56. The van der Waals surface area contributed by atoms with E-state index in [1.165, 1.54) is 18.9 Å². The number of aromatic nitrogens is 2. The van der Waals surface area contributed by atoms with E-state index in [0.717, 1.165) is 40.8 Å². The number of carbonyl (C=O) groups is 1. The van der Waals surface area contributed by atoms with E-state index in [0.29, 0.717) is 23.2 Å². The summed E-state index contributed by atoms with van der Waals surface area (Å²) in [4.78, 5) is 15.8. The van der Waals surface area contributed by atoms with Crippen LogP contribution in [0.2, 0.25) is 0 Å². The molecule has 0 radical (unpaired) electrons. The summed E-state index contributed by atoms with van der Waals surface area (Å²) in [6, 6.07) is 21.0. The Kier molecular flexibility index (Phi) is 6.85. The largest absolute Gasteiger partial charge is 0.490 e. The molecule has 4 atom stereocenters. The zero-order valence-electron chi connectivity index (χ0n) is 22.7. The van der Waals surface area contributed by atoms with Crippen LogP contribution >= 0.6 is 0 Å². The van der Waals surface area contributed by atoms with Crippen molar-refractivity contribution in [1.82, 2.24) is 20.4 Å². The van der Waals surface area contributed by atoms with Gasteiger partial charge in [-0.1, -0.05) is 32.0 Å². The Labute approximate surface area is 228 Å². The van der Waals surface area contributed by atoms with Crippen molar-refractivity contribution in [3.8, 4) is 17.0 Å². The SMILES string of the molecule is CC(C)C(NC(=O)c1ccc2[nH]nc(-c3ccc(O[C@@H]4C[C@H]5CC[C@@H](C4)N5C)cc3)c2c1)c1ccccc1F. The molecule has 3 aromatic carbocycles. The number of ether oxygens (including phenoxy) is 1. The number of aromatic amines is 1. The van der Waals surface area contributed by atoms with E-state index in [1.807, 2.05) is 50.2 Å². The zero-order valence-corrected chi connectivity index (χ0v) is 22.7. The molecule has 1 aromatic heterocycles. The number of rotatable bonds is 7. The van der Waals surface area contributed by atoms with E-state index in [-0.39, 0.29) is 23.7 Å². The minimum absolute atomic E-state index is 0.0180. The normalized spacial score (nSPS) is 21.8. The summed E-state index contributed by atoms with van der Waals surface area (Å²) in [7, 11) is 2.24. The van der Waals surface area contributed by atoms with Gasteiger partial charge >= 0.3 is 0 Å². The molecule has 1 unspecified atom stereocenters. The van der Waals surface area contributed by atoms with Crippen LogP contribution in [0.25, 0.3) is 22.2 Å². The number of fused-ring (bicyclic) bond motifs is 3. The molecule has 2 saturated heterocycles. The van der Waals surface area contributed by atoms with Crippen molar-refractivity contribution in [3.63, 3.8) is 0 Å². The summed E-state index contributed by atoms with van der Waals surface area (Å²) in [6.07, 6.45) is 4.97. The van der Waals surface area contributed by atoms with Gasteiger partial charge < -0.3 is 15.0 Å². The van der Waals surface area contributed by atoms with Gasteiger partial charge in [-0.25, -0.2) is 4.39 Å². The Morgan fingerprint density at radius 3 is 2.46 bits per heavy atom. The quantitative estimate of drug-likeness (QED) is 0.288. The molecular weight excluding hydrogens is 491 g/mol. The van der Waals surface area contributed by atoms with Crippen LogP contribution in [0.1, 0.15) is 61.5 Å². The lowest BCUT2D eigenvalue weighted by Gasteiger charge is -2.36. The van der Waals surface area contributed by atoms with Crippen molar-refractivity contribution in [2.24, 2.45) is 5.92 Å². The molecule has 2 bridgehead atoms. The number of nitrogens with one attached hydrogen (secondary N) is 2.